The summed E-state index contributed by atoms with van der Waals surface area (Å²) in [6.07, 6.45) is -1.86. The van der Waals surface area contributed by atoms with Gasteiger partial charge in [0.2, 0.25) is 5.91 Å². The number of hydrogen-bond donors (Lipinski definition) is 2. The quantitative estimate of drug-likeness (QED) is 0.449. The molecule has 0 aliphatic carbocycles. The lowest BCUT2D eigenvalue weighted by molar-refractivity contribution is -0.153. The van der Waals surface area contributed by atoms with Crippen LogP contribution in [0.15, 0.2) is 54.9 Å². The summed E-state index contributed by atoms with van der Waals surface area (Å²) < 4.78 is 67.9. The molecule has 2 aromatic heterocycles. The Labute approximate surface area is 191 Å². The van der Waals surface area contributed by atoms with Crippen molar-refractivity contribution in [1.29, 1.82) is 0 Å². The number of halogens is 5. The van der Waals surface area contributed by atoms with Crippen LogP contribution in [0.25, 0.3) is 11.3 Å². The molecule has 3 aromatic rings. The number of ether oxygens (including phenoxy) is 1. The Kier molecular flexibility index (Phi) is 8.11. The first-order valence-corrected chi connectivity index (χ1v) is 10.1. The maximum Gasteiger partial charge on any atom is 0.422 e. The van der Waals surface area contributed by atoms with Crippen LogP contribution in [0.2, 0.25) is 0 Å². The van der Waals surface area contributed by atoms with Crippen LogP contribution < -0.4 is 10.1 Å². The van der Waals surface area contributed by atoms with E-state index in [4.69, 9.17) is 0 Å². The molecule has 0 aliphatic heterocycles. The molecule has 180 valence electrons. The first-order chi connectivity index (χ1) is 16.1. The first kappa shape index (κ1) is 25.0. The fourth-order valence-electron chi connectivity index (χ4n) is 3.06. The molecule has 2 heterocycles. The molecule has 11 heteroatoms. The van der Waals surface area contributed by atoms with Gasteiger partial charge in [-0.1, -0.05) is 6.07 Å². The largest absolute Gasteiger partial charge is 0.483 e. The number of aliphatic hydroxyl groups excluding tert-OH is 1. The van der Waals surface area contributed by atoms with Crippen molar-refractivity contribution in [1.82, 2.24) is 15.3 Å². The summed E-state index contributed by atoms with van der Waals surface area (Å²) in [6.45, 7) is -1.71. The molecular formula is C23H20F5N3O3. The van der Waals surface area contributed by atoms with Crippen molar-refractivity contribution in [3.63, 3.8) is 0 Å². The first-order valence-electron chi connectivity index (χ1n) is 10.1. The molecule has 0 saturated heterocycles. The van der Waals surface area contributed by atoms with Gasteiger partial charge in [0.15, 0.2) is 18.2 Å². The SMILES string of the molecule is O=C(Cc1ccc(-c2ccc(F)c(F)c2)nc1)NC(CCO)c1ccc(OCC(F)(F)F)cn1. The number of alkyl halides is 3. The van der Waals surface area contributed by atoms with E-state index in [2.05, 4.69) is 20.0 Å². The molecule has 6 nitrogen and oxygen atoms in total. The van der Waals surface area contributed by atoms with E-state index < -0.39 is 36.4 Å². The van der Waals surface area contributed by atoms with Gasteiger partial charge < -0.3 is 15.2 Å². The molecule has 34 heavy (non-hydrogen) atoms. The molecule has 1 atom stereocenters. The number of aliphatic hydroxyl groups is 1. The summed E-state index contributed by atoms with van der Waals surface area (Å²) in [6, 6.07) is 8.63. The van der Waals surface area contributed by atoms with Crippen molar-refractivity contribution in [3.05, 3.63) is 77.8 Å². The number of benzene rings is 1. The number of carbonyl (C=O) groups is 1. The summed E-state index contributed by atoms with van der Waals surface area (Å²) in [5.74, 6) is -2.44. The zero-order valence-electron chi connectivity index (χ0n) is 17.6. The van der Waals surface area contributed by atoms with E-state index in [0.717, 1.165) is 18.3 Å². The zero-order valence-corrected chi connectivity index (χ0v) is 17.6. The molecule has 0 bridgehead atoms. The highest BCUT2D eigenvalue weighted by Crippen LogP contribution is 2.22. The van der Waals surface area contributed by atoms with E-state index in [-0.39, 0.29) is 25.2 Å². The minimum atomic E-state index is -4.48. The summed E-state index contributed by atoms with van der Waals surface area (Å²) in [5.41, 5.74) is 1.67. The normalized spacial score (nSPS) is 12.3. The maximum atomic E-state index is 13.4. The lowest BCUT2D eigenvalue weighted by atomic mass is 10.1. The van der Waals surface area contributed by atoms with Gasteiger partial charge in [-0.05, 0) is 48.4 Å². The molecule has 3 rings (SSSR count). The van der Waals surface area contributed by atoms with Gasteiger partial charge in [0.25, 0.3) is 0 Å². The van der Waals surface area contributed by atoms with Crippen molar-refractivity contribution in [3.8, 4) is 17.0 Å². The molecule has 0 aliphatic rings. The highest BCUT2D eigenvalue weighted by molar-refractivity contribution is 5.79. The Balaban J connectivity index is 1.61. The van der Waals surface area contributed by atoms with Crippen molar-refractivity contribution in [2.45, 2.75) is 25.1 Å². The summed E-state index contributed by atoms with van der Waals surface area (Å²) in [5, 5.41) is 12.0. The molecule has 1 aromatic carbocycles. The van der Waals surface area contributed by atoms with Crippen LogP contribution in [0.3, 0.4) is 0 Å². The third-order valence-corrected chi connectivity index (χ3v) is 4.68. The van der Waals surface area contributed by atoms with Gasteiger partial charge >= 0.3 is 6.18 Å². The fourth-order valence-corrected chi connectivity index (χ4v) is 3.06. The Bertz CT molecular complexity index is 1110. The van der Waals surface area contributed by atoms with Gasteiger partial charge in [-0.15, -0.1) is 0 Å². The molecule has 0 fully saturated rings. The Morgan fingerprint density at radius 1 is 1.03 bits per heavy atom. The average molecular weight is 481 g/mol. The maximum absolute atomic E-state index is 13.4. The van der Waals surface area contributed by atoms with Gasteiger partial charge in [-0.3, -0.25) is 14.8 Å². The topological polar surface area (TPSA) is 84.3 Å². The predicted molar refractivity (Wildman–Crippen MR) is 112 cm³/mol. The second-order valence-corrected chi connectivity index (χ2v) is 7.31. The van der Waals surface area contributed by atoms with Crippen LogP contribution in [0.1, 0.15) is 23.7 Å². The van der Waals surface area contributed by atoms with Crippen molar-refractivity contribution < 1.29 is 36.6 Å². The molecular weight excluding hydrogens is 461 g/mol. The molecule has 0 spiro atoms. The van der Waals surface area contributed by atoms with Gasteiger partial charge in [-0.2, -0.15) is 13.2 Å². The zero-order chi connectivity index (χ0) is 24.7. The number of rotatable bonds is 9. The van der Waals surface area contributed by atoms with Crippen LogP contribution in [0.5, 0.6) is 5.75 Å². The van der Waals surface area contributed by atoms with Crippen LogP contribution in [-0.2, 0) is 11.2 Å². The number of hydrogen-bond acceptors (Lipinski definition) is 5. The highest BCUT2D eigenvalue weighted by atomic mass is 19.4. The van der Waals surface area contributed by atoms with Gasteiger partial charge in [0.1, 0.15) is 5.75 Å². The van der Waals surface area contributed by atoms with Crippen LogP contribution in [-0.4, -0.2) is 40.4 Å². The molecule has 1 unspecified atom stereocenters. The van der Waals surface area contributed by atoms with E-state index in [1.807, 2.05) is 0 Å². The second kappa shape index (κ2) is 11.0. The van der Waals surface area contributed by atoms with E-state index in [1.54, 1.807) is 12.1 Å². The standard InChI is InChI=1S/C23H20F5N3O3/c24-17-4-2-15(10-18(17)25)19-5-1-14(11-29-19)9-22(33)31-21(7-8-32)20-6-3-16(12-30-20)34-13-23(26,27)28/h1-6,10-12,21,32H,7-9,13H2,(H,31,33). The highest BCUT2D eigenvalue weighted by Gasteiger charge is 2.28. The number of nitrogens with one attached hydrogen (secondary N) is 1. The molecule has 1 amide bonds. The number of pyridine rings is 2. The van der Waals surface area contributed by atoms with E-state index in [0.29, 0.717) is 22.5 Å². The van der Waals surface area contributed by atoms with E-state index in [1.165, 1.54) is 24.4 Å². The smallest absolute Gasteiger partial charge is 0.422 e. The summed E-state index contributed by atoms with van der Waals surface area (Å²) >= 11 is 0. The Morgan fingerprint density at radius 2 is 1.82 bits per heavy atom. The second-order valence-electron chi connectivity index (χ2n) is 7.31. The van der Waals surface area contributed by atoms with Crippen molar-refractivity contribution in [2.24, 2.45) is 0 Å². The number of amides is 1. The fraction of sp³-hybridized carbons (Fsp3) is 0.261. The van der Waals surface area contributed by atoms with Crippen LogP contribution in [0, 0.1) is 11.6 Å². The Hall–Kier alpha value is -3.60. The van der Waals surface area contributed by atoms with Gasteiger partial charge in [-0.25, -0.2) is 8.78 Å². The summed E-state index contributed by atoms with van der Waals surface area (Å²) in [7, 11) is 0. The van der Waals surface area contributed by atoms with Crippen molar-refractivity contribution >= 4 is 5.91 Å². The summed E-state index contributed by atoms with van der Waals surface area (Å²) in [4.78, 5) is 20.7. The van der Waals surface area contributed by atoms with Gasteiger partial charge in [0.05, 0.1) is 30.0 Å². The lowest BCUT2D eigenvalue weighted by Gasteiger charge is -2.18. The van der Waals surface area contributed by atoms with Gasteiger partial charge in [0, 0.05) is 18.4 Å². The van der Waals surface area contributed by atoms with Crippen molar-refractivity contribution in [2.75, 3.05) is 13.2 Å². The molecule has 0 radical (unpaired) electrons. The third-order valence-electron chi connectivity index (χ3n) is 4.68. The Morgan fingerprint density at radius 3 is 2.41 bits per heavy atom. The average Bonchev–Trinajstić information content (AvgIpc) is 2.80. The number of carbonyl (C=O) groups excluding carboxylic acids is 1. The minimum Gasteiger partial charge on any atom is -0.483 e. The van der Waals surface area contributed by atoms with Crippen LogP contribution >= 0.6 is 0 Å². The predicted octanol–water partition coefficient (Wildman–Crippen LogP) is 4.15. The lowest BCUT2D eigenvalue weighted by Crippen LogP contribution is -2.31. The molecule has 0 saturated carbocycles. The molecule has 2 N–H and O–H groups in total. The minimum absolute atomic E-state index is 0.0558. The third kappa shape index (κ3) is 7.20. The monoisotopic (exact) mass is 481 g/mol. The van der Waals surface area contributed by atoms with E-state index in [9.17, 15) is 31.9 Å². The van der Waals surface area contributed by atoms with Crippen LogP contribution in [0.4, 0.5) is 22.0 Å². The number of aromatic nitrogens is 2. The van der Waals surface area contributed by atoms with E-state index >= 15 is 0 Å². The number of nitrogens with zero attached hydrogens (tertiary/aromatic N) is 2.